The molecule has 12 heteroatoms. The van der Waals surface area contributed by atoms with Crippen LogP contribution < -0.4 is 9.04 Å². The van der Waals surface area contributed by atoms with Gasteiger partial charge in [-0.25, -0.2) is 17.5 Å². The molecule has 1 aliphatic heterocycles. The molecular weight excluding hydrogens is 512 g/mol. The molecule has 0 saturated carbocycles. The van der Waals surface area contributed by atoms with Gasteiger partial charge < -0.3 is 9.84 Å². The number of halogens is 1. The van der Waals surface area contributed by atoms with Gasteiger partial charge >= 0.3 is 5.97 Å². The number of non-ortho nitro benzene ring substituents is 1. The maximum absolute atomic E-state index is 14.0. The minimum atomic E-state index is -4.53. The fourth-order valence-corrected chi connectivity index (χ4v) is 5.98. The summed E-state index contributed by atoms with van der Waals surface area (Å²) in [7, 11) is -4.53. The summed E-state index contributed by atoms with van der Waals surface area (Å²) in [5.74, 6) is -1.77. The van der Waals surface area contributed by atoms with Crippen molar-refractivity contribution in [3.8, 4) is 5.75 Å². The summed E-state index contributed by atoms with van der Waals surface area (Å²) < 4.78 is 33.5. The molecule has 1 unspecified atom stereocenters. The number of nitrogens with zero attached hydrogens (tertiary/aromatic N) is 2. The van der Waals surface area contributed by atoms with Crippen LogP contribution in [0.4, 0.5) is 11.4 Å². The number of aromatic carboxylic acids is 1. The van der Waals surface area contributed by atoms with Crippen LogP contribution in [0.2, 0.25) is 5.02 Å². The molecule has 1 atom stereocenters. The van der Waals surface area contributed by atoms with E-state index in [-0.39, 0.29) is 38.0 Å². The van der Waals surface area contributed by atoms with Crippen LogP contribution in [0.3, 0.4) is 0 Å². The van der Waals surface area contributed by atoms with Crippen LogP contribution in [0.1, 0.15) is 35.3 Å². The Morgan fingerprint density at radius 3 is 2.36 bits per heavy atom. The Labute approximate surface area is 210 Å². The number of benzene rings is 3. The van der Waals surface area contributed by atoms with Crippen molar-refractivity contribution in [3.05, 3.63) is 92.5 Å². The zero-order chi connectivity index (χ0) is 26.4. The number of nitro benzene ring substituents is 1. The molecule has 186 valence electrons. The first-order chi connectivity index (χ1) is 16.9. The molecule has 0 aliphatic carbocycles. The number of nitro groups is 1. The van der Waals surface area contributed by atoms with Gasteiger partial charge in [0.2, 0.25) is 0 Å². The second-order valence-electron chi connectivity index (χ2n) is 8.06. The third kappa shape index (κ3) is 3.86. The predicted molar refractivity (Wildman–Crippen MR) is 130 cm³/mol. The molecule has 1 heterocycles. The lowest BCUT2D eigenvalue weighted by molar-refractivity contribution is -0.384. The molecule has 3 aromatic carbocycles. The van der Waals surface area contributed by atoms with Crippen LogP contribution in [0.25, 0.3) is 0 Å². The standard InChI is InChI=1S/C24H19ClN2O8S/c1-3-35-16-7-11-21-19(13-16)24(2,18-12-14(22(28)29)4-10-20(18)25)23(30)26(21)36(33,34)17-8-5-15(6-9-17)27(31)32/h4-13H,3H2,1-2H3,(H,28,29). The van der Waals surface area contributed by atoms with Gasteiger partial charge in [0.05, 0.1) is 27.7 Å². The van der Waals surface area contributed by atoms with Crippen LogP contribution >= 0.6 is 11.6 Å². The number of amides is 1. The van der Waals surface area contributed by atoms with Crippen LogP contribution in [0, 0.1) is 10.1 Å². The quantitative estimate of drug-likeness (QED) is 0.350. The van der Waals surface area contributed by atoms with Crippen LogP contribution in [-0.4, -0.2) is 36.9 Å². The first-order valence-electron chi connectivity index (χ1n) is 10.6. The predicted octanol–water partition coefficient (Wildman–Crippen LogP) is 4.39. The summed E-state index contributed by atoms with van der Waals surface area (Å²) in [4.78, 5) is 35.6. The number of carbonyl (C=O) groups excluding carboxylic acids is 1. The topological polar surface area (TPSA) is 144 Å². The summed E-state index contributed by atoms with van der Waals surface area (Å²) in [5.41, 5.74) is -1.77. The molecule has 10 nitrogen and oxygen atoms in total. The van der Waals surface area contributed by atoms with Gasteiger partial charge in [-0.05, 0) is 67.9 Å². The highest BCUT2D eigenvalue weighted by Gasteiger charge is 2.54. The number of sulfonamides is 1. The Morgan fingerprint density at radius 2 is 1.78 bits per heavy atom. The second-order valence-corrected chi connectivity index (χ2v) is 10.3. The largest absolute Gasteiger partial charge is 0.494 e. The van der Waals surface area contributed by atoms with Crippen molar-refractivity contribution in [1.29, 1.82) is 0 Å². The number of rotatable bonds is 7. The molecule has 3 aromatic rings. The number of hydrogen-bond donors (Lipinski definition) is 1. The van der Waals surface area contributed by atoms with Gasteiger partial charge in [-0.1, -0.05) is 11.6 Å². The zero-order valence-corrected chi connectivity index (χ0v) is 20.5. The van der Waals surface area contributed by atoms with E-state index >= 15 is 0 Å². The van der Waals surface area contributed by atoms with E-state index in [1.807, 2.05) is 0 Å². The zero-order valence-electron chi connectivity index (χ0n) is 19.0. The number of fused-ring (bicyclic) bond motifs is 1. The number of carboxylic acids is 1. The Balaban J connectivity index is 1.97. The van der Waals surface area contributed by atoms with Gasteiger partial charge in [-0.3, -0.25) is 14.9 Å². The Morgan fingerprint density at radius 1 is 1.11 bits per heavy atom. The lowest BCUT2D eigenvalue weighted by atomic mass is 9.76. The van der Waals surface area contributed by atoms with Gasteiger partial charge in [-0.2, -0.15) is 0 Å². The number of hydrogen-bond acceptors (Lipinski definition) is 7. The van der Waals surface area contributed by atoms with Crippen LogP contribution in [-0.2, 0) is 20.2 Å². The SMILES string of the molecule is CCOc1ccc2c(c1)C(C)(c1cc(C(=O)O)ccc1Cl)C(=O)N2S(=O)(=O)c1ccc([N+](=O)[O-])cc1. The average Bonchev–Trinajstić information content (AvgIpc) is 3.07. The summed E-state index contributed by atoms with van der Waals surface area (Å²) in [5, 5.41) is 20.6. The van der Waals surface area contributed by atoms with E-state index in [4.69, 9.17) is 16.3 Å². The summed E-state index contributed by atoms with van der Waals surface area (Å²) in [6, 6.07) is 12.4. The van der Waals surface area contributed by atoms with Gasteiger partial charge in [0, 0.05) is 22.7 Å². The second kappa shape index (κ2) is 8.92. The fourth-order valence-electron chi connectivity index (χ4n) is 4.16. The Kier molecular flexibility index (Phi) is 6.23. The van der Waals surface area contributed by atoms with Crippen molar-refractivity contribution in [1.82, 2.24) is 0 Å². The van der Waals surface area contributed by atoms with E-state index in [1.54, 1.807) is 6.92 Å². The molecule has 36 heavy (non-hydrogen) atoms. The highest BCUT2D eigenvalue weighted by Crippen LogP contribution is 2.51. The van der Waals surface area contributed by atoms with E-state index in [0.717, 1.165) is 24.3 Å². The minimum absolute atomic E-state index is 0.0288. The fraction of sp³-hybridized carbons (Fsp3) is 0.167. The van der Waals surface area contributed by atoms with Crippen molar-refractivity contribution in [2.45, 2.75) is 24.2 Å². The molecule has 0 aromatic heterocycles. The van der Waals surface area contributed by atoms with E-state index in [1.165, 1.54) is 43.3 Å². The smallest absolute Gasteiger partial charge is 0.335 e. The van der Waals surface area contributed by atoms with Crippen molar-refractivity contribution in [3.63, 3.8) is 0 Å². The van der Waals surface area contributed by atoms with Crippen molar-refractivity contribution in [2.24, 2.45) is 0 Å². The Bertz CT molecular complexity index is 1520. The molecule has 0 bridgehead atoms. The van der Waals surface area contributed by atoms with Crippen LogP contribution in [0.5, 0.6) is 5.75 Å². The van der Waals surface area contributed by atoms with Crippen molar-refractivity contribution < 1.29 is 32.8 Å². The Hall–Kier alpha value is -3.96. The third-order valence-electron chi connectivity index (χ3n) is 5.99. The van der Waals surface area contributed by atoms with Gasteiger partial charge in [-0.15, -0.1) is 0 Å². The van der Waals surface area contributed by atoms with Gasteiger partial charge in [0.15, 0.2) is 0 Å². The molecule has 4 rings (SSSR count). The van der Waals surface area contributed by atoms with Crippen molar-refractivity contribution >= 4 is 44.9 Å². The van der Waals surface area contributed by atoms with E-state index in [9.17, 15) is 33.2 Å². The maximum Gasteiger partial charge on any atom is 0.335 e. The summed E-state index contributed by atoms with van der Waals surface area (Å²) >= 11 is 6.42. The molecule has 0 spiro atoms. The third-order valence-corrected chi connectivity index (χ3v) is 8.03. The normalized spacial score (nSPS) is 17.1. The van der Waals surface area contributed by atoms with Gasteiger partial charge in [0.1, 0.15) is 11.2 Å². The molecule has 0 radical (unpaired) electrons. The molecule has 0 fully saturated rings. The lowest BCUT2D eigenvalue weighted by Gasteiger charge is -2.26. The van der Waals surface area contributed by atoms with E-state index < -0.39 is 32.2 Å². The number of carboxylic acid groups (broad SMARTS) is 1. The summed E-state index contributed by atoms with van der Waals surface area (Å²) in [6.45, 7) is 3.53. The molecular formula is C24H19ClN2O8S. The first kappa shape index (κ1) is 25.1. The molecule has 1 aliphatic rings. The minimum Gasteiger partial charge on any atom is -0.494 e. The van der Waals surface area contributed by atoms with E-state index in [0.29, 0.717) is 16.7 Å². The monoisotopic (exact) mass is 530 g/mol. The number of anilines is 1. The van der Waals surface area contributed by atoms with Crippen molar-refractivity contribution in [2.75, 3.05) is 10.9 Å². The lowest BCUT2D eigenvalue weighted by Crippen LogP contribution is -2.42. The molecule has 0 saturated heterocycles. The highest BCUT2D eigenvalue weighted by atomic mass is 35.5. The molecule has 1 N–H and O–H groups in total. The first-order valence-corrected chi connectivity index (χ1v) is 12.4. The number of carbonyl (C=O) groups is 2. The van der Waals surface area contributed by atoms with E-state index in [2.05, 4.69) is 0 Å². The molecule has 1 amide bonds. The highest BCUT2D eigenvalue weighted by molar-refractivity contribution is 7.93. The van der Waals surface area contributed by atoms with Gasteiger partial charge in [0.25, 0.3) is 21.6 Å². The summed E-state index contributed by atoms with van der Waals surface area (Å²) in [6.07, 6.45) is 0. The van der Waals surface area contributed by atoms with Crippen LogP contribution in [0.15, 0.2) is 65.6 Å². The number of ether oxygens (including phenoxy) is 1. The average molecular weight is 531 g/mol. The maximum atomic E-state index is 14.0.